The zero-order valence-electron chi connectivity index (χ0n) is 6.01. The SMILES string of the molecule is NOCC[C@@H]1CNCCO1. The molecule has 1 saturated heterocycles. The molecule has 0 aromatic rings. The van der Waals surface area contributed by atoms with E-state index in [0.717, 1.165) is 26.1 Å². The summed E-state index contributed by atoms with van der Waals surface area (Å²) in [5.74, 6) is 4.87. The minimum Gasteiger partial charge on any atom is -0.375 e. The number of morpholine rings is 1. The molecule has 0 spiro atoms. The number of hydrogen-bond acceptors (Lipinski definition) is 4. The Balaban J connectivity index is 2.02. The van der Waals surface area contributed by atoms with Gasteiger partial charge in [0.25, 0.3) is 0 Å². The molecule has 4 nitrogen and oxygen atoms in total. The first kappa shape index (κ1) is 7.94. The van der Waals surface area contributed by atoms with Crippen LogP contribution in [0.25, 0.3) is 0 Å². The van der Waals surface area contributed by atoms with E-state index < -0.39 is 0 Å². The van der Waals surface area contributed by atoms with Crippen LogP contribution in [0.1, 0.15) is 6.42 Å². The van der Waals surface area contributed by atoms with E-state index in [1.165, 1.54) is 0 Å². The lowest BCUT2D eigenvalue weighted by molar-refractivity contribution is 0.00265. The van der Waals surface area contributed by atoms with Crippen LogP contribution in [0.5, 0.6) is 0 Å². The van der Waals surface area contributed by atoms with Gasteiger partial charge < -0.3 is 14.9 Å². The quantitative estimate of drug-likeness (QED) is 0.515. The minimum absolute atomic E-state index is 0.289. The summed E-state index contributed by atoms with van der Waals surface area (Å²) in [4.78, 5) is 4.44. The molecule has 0 aliphatic carbocycles. The Kier molecular flexibility index (Phi) is 3.67. The molecule has 0 aromatic carbocycles. The summed E-state index contributed by atoms with van der Waals surface area (Å²) in [6.45, 7) is 3.25. The second-order valence-electron chi connectivity index (χ2n) is 2.36. The fourth-order valence-corrected chi connectivity index (χ4v) is 1.00. The molecule has 0 bridgehead atoms. The minimum atomic E-state index is 0.289. The number of nitrogens with two attached hydrogens (primary N) is 1. The summed E-state index contributed by atoms with van der Waals surface area (Å²) in [5.41, 5.74) is 0. The fourth-order valence-electron chi connectivity index (χ4n) is 1.00. The monoisotopic (exact) mass is 146 g/mol. The number of rotatable bonds is 3. The van der Waals surface area contributed by atoms with Crippen molar-refractivity contribution in [2.45, 2.75) is 12.5 Å². The molecule has 3 N–H and O–H groups in total. The highest BCUT2D eigenvalue weighted by atomic mass is 16.6. The third kappa shape index (κ3) is 2.62. The second-order valence-corrected chi connectivity index (χ2v) is 2.36. The Hall–Kier alpha value is -0.160. The highest BCUT2D eigenvalue weighted by molar-refractivity contribution is 4.65. The van der Waals surface area contributed by atoms with Gasteiger partial charge >= 0.3 is 0 Å². The fraction of sp³-hybridized carbons (Fsp3) is 1.00. The Morgan fingerprint density at radius 2 is 2.60 bits per heavy atom. The van der Waals surface area contributed by atoms with E-state index in [-0.39, 0.29) is 6.10 Å². The lowest BCUT2D eigenvalue weighted by Crippen LogP contribution is -2.39. The van der Waals surface area contributed by atoms with Crippen LogP contribution in [-0.4, -0.2) is 32.4 Å². The Labute approximate surface area is 60.6 Å². The second kappa shape index (κ2) is 4.62. The Morgan fingerprint density at radius 1 is 1.70 bits per heavy atom. The lowest BCUT2D eigenvalue weighted by atomic mass is 10.2. The van der Waals surface area contributed by atoms with E-state index in [9.17, 15) is 0 Å². The Bertz CT molecular complexity index is 83.8. The maximum absolute atomic E-state index is 5.38. The first-order valence-corrected chi connectivity index (χ1v) is 3.57. The van der Waals surface area contributed by atoms with Crippen molar-refractivity contribution in [1.82, 2.24) is 5.32 Å². The molecule has 1 rings (SSSR count). The molecule has 1 fully saturated rings. The summed E-state index contributed by atoms with van der Waals surface area (Å²) in [5, 5.41) is 3.22. The molecule has 10 heavy (non-hydrogen) atoms. The van der Waals surface area contributed by atoms with E-state index in [0.29, 0.717) is 6.61 Å². The van der Waals surface area contributed by atoms with E-state index in [1.54, 1.807) is 0 Å². The van der Waals surface area contributed by atoms with Crippen LogP contribution in [0.4, 0.5) is 0 Å². The molecule has 1 aliphatic heterocycles. The van der Waals surface area contributed by atoms with Gasteiger partial charge in [0.15, 0.2) is 0 Å². The predicted molar refractivity (Wildman–Crippen MR) is 37.4 cm³/mol. The highest BCUT2D eigenvalue weighted by Crippen LogP contribution is 1.99. The standard InChI is InChI=1S/C6H14N2O2/c7-10-3-1-6-5-8-2-4-9-6/h6,8H,1-5,7H2/t6-/m1/s1. The van der Waals surface area contributed by atoms with Gasteiger partial charge in [-0.25, -0.2) is 5.90 Å². The normalized spacial score (nSPS) is 26.7. The molecule has 4 heteroatoms. The summed E-state index contributed by atoms with van der Waals surface area (Å²) in [6.07, 6.45) is 1.17. The first-order chi connectivity index (χ1) is 4.93. The van der Waals surface area contributed by atoms with Gasteiger partial charge in [0, 0.05) is 19.5 Å². The van der Waals surface area contributed by atoms with Crippen molar-refractivity contribution in [2.24, 2.45) is 5.90 Å². The van der Waals surface area contributed by atoms with E-state index >= 15 is 0 Å². The van der Waals surface area contributed by atoms with Gasteiger partial charge in [0.05, 0.1) is 19.3 Å². The summed E-state index contributed by atoms with van der Waals surface area (Å²) in [6, 6.07) is 0. The van der Waals surface area contributed by atoms with Crippen molar-refractivity contribution in [3.63, 3.8) is 0 Å². The molecule has 0 amide bonds. The molecule has 1 atom stereocenters. The van der Waals surface area contributed by atoms with Gasteiger partial charge in [-0.1, -0.05) is 0 Å². The average Bonchev–Trinajstić information content (AvgIpc) is 2.03. The van der Waals surface area contributed by atoms with Crippen LogP contribution in [0.2, 0.25) is 0 Å². The van der Waals surface area contributed by atoms with Gasteiger partial charge in [0.2, 0.25) is 0 Å². The largest absolute Gasteiger partial charge is 0.375 e. The van der Waals surface area contributed by atoms with Gasteiger partial charge in [-0.05, 0) is 0 Å². The van der Waals surface area contributed by atoms with Crippen LogP contribution in [0.3, 0.4) is 0 Å². The number of hydrogen-bond donors (Lipinski definition) is 2. The van der Waals surface area contributed by atoms with Gasteiger partial charge in [-0.3, -0.25) is 0 Å². The smallest absolute Gasteiger partial charge is 0.0722 e. The van der Waals surface area contributed by atoms with E-state index in [1.807, 2.05) is 0 Å². The van der Waals surface area contributed by atoms with Crippen LogP contribution in [-0.2, 0) is 9.57 Å². The van der Waals surface area contributed by atoms with Crippen molar-refractivity contribution in [3.8, 4) is 0 Å². The average molecular weight is 146 g/mol. The predicted octanol–water partition coefficient (Wildman–Crippen LogP) is -0.745. The van der Waals surface area contributed by atoms with Gasteiger partial charge in [-0.2, -0.15) is 0 Å². The zero-order chi connectivity index (χ0) is 7.23. The summed E-state index contributed by atoms with van der Waals surface area (Å²) >= 11 is 0. The van der Waals surface area contributed by atoms with E-state index in [4.69, 9.17) is 10.6 Å². The molecule has 1 heterocycles. The third-order valence-electron chi connectivity index (χ3n) is 1.56. The summed E-state index contributed by atoms with van der Waals surface area (Å²) in [7, 11) is 0. The molecular weight excluding hydrogens is 132 g/mol. The first-order valence-electron chi connectivity index (χ1n) is 3.57. The number of nitrogens with one attached hydrogen (secondary N) is 1. The van der Waals surface area contributed by atoms with E-state index in [2.05, 4.69) is 10.2 Å². The molecule has 0 unspecified atom stereocenters. The van der Waals surface area contributed by atoms with Crippen molar-refractivity contribution in [3.05, 3.63) is 0 Å². The van der Waals surface area contributed by atoms with Crippen molar-refractivity contribution in [2.75, 3.05) is 26.3 Å². The highest BCUT2D eigenvalue weighted by Gasteiger charge is 2.11. The maximum Gasteiger partial charge on any atom is 0.0722 e. The van der Waals surface area contributed by atoms with Crippen LogP contribution in [0, 0.1) is 0 Å². The molecule has 0 aromatic heterocycles. The Morgan fingerprint density at radius 3 is 3.20 bits per heavy atom. The third-order valence-corrected chi connectivity index (χ3v) is 1.56. The van der Waals surface area contributed by atoms with Crippen LogP contribution >= 0.6 is 0 Å². The molecule has 0 saturated carbocycles. The van der Waals surface area contributed by atoms with Crippen molar-refractivity contribution < 1.29 is 9.57 Å². The topological polar surface area (TPSA) is 56.5 Å². The van der Waals surface area contributed by atoms with Crippen molar-refractivity contribution >= 4 is 0 Å². The molecular formula is C6H14N2O2. The molecule has 0 radical (unpaired) electrons. The van der Waals surface area contributed by atoms with Crippen molar-refractivity contribution in [1.29, 1.82) is 0 Å². The lowest BCUT2D eigenvalue weighted by Gasteiger charge is -2.22. The number of ether oxygens (including phenoxy) is 1. The summed E-state index contributed by atoms with van der Waals surface area (Å²) < 4.78 is 5.38. The molecule has 1 aliphatic rings. The van der Waals surface area contributed by atoms with Gasteiger partial charge in [0.1, 0.15) is 0 Å². The zero-order valence-corrected chi connectivity index (χ0v) is 6.01. The van der Waals surface area contributed by atoms with Crippen LogP contribution in [0.15, 0.2) is 0 Å². The van der Waals surface area contributed by atoms with Crippen LogP contribution < -0.4 is 11.2 Å². The van der Waals surface area contributed by atoms with Gasteiger partial charge in [-0.15, -0.1) is 0 Å². The maximum atomic E-state index is 5.38. The molecule has 60 valence electrons.